The molecule has 0 fully saturated rings. The lowest BCUT2D eigenvalue weighted by molar-refractivity contribution is -0.116. The highest BCUT2D eigenvalue weighted by molar-refractivity contribution is 6.31. The fraction of sp³-hybridized carbons (Fsp3) is 0.273. The number of halogens is 1. The van der Waals surface area contributed by atoms with Gasteiger partial charge >= 0.3 is 0 Å². The van der Waals surface area contributed by atoms with Gasteiger partial charge in [0.05, 0.1) is 12.1 Å². The molecule has 0 saturated carbocycles. The lowest BCUT2D eigenvalue weighted by Crippen LogP contribution is -2.20. The van der Waals surface area contributed by atoms with Gasteiger partial charge in [-0.3, -0.25) is 4.79 Å². The number of amides is 1. The molecule has 4 nitrogen and oxygen atoms in total. The fourth-order valence-corrected chi connectivity index (χ4v) is 1.85. The van der Waals surface area contributed by atoms with Crippen molar-refractivity contribution in [1.29, 1.82) is 0 Å². The topological polar surface area (TPSA) is 58.7 Å². The number of hydrazone groups is 1. The van der Waals surface area contributed by atoms with Crippen molar-refractivity contribution < 1.29 is 4.79 Å². The van der Waals surface area contributed by atoms with Gasteiger partial charge in [0, 0.05) is 5.02 Å². The van der Waals surface area contributed by atoms with Gasteiger partial charge in [0.25, 0.3) is 5.91 Å². The first-order valence-corrected chi connectivity index (χ1v) is 5.30. The molecule has 1 aliphatic rings. The summed E-state index contributed by atoms with van der Waals surface area (Å²) in [4.78, 5) is 11.6. The Morgan fingerprint density at radius 3 is 2.62 bits per heavy atom. The van der Waals surface area contributed by atoms with Crippen LogP contribution in [-0.2, 0) is 4.79 Å². The molecule has 1 heterocycles. The third kappa shape index (κ3) is 1.65. The van der Waals surface area contributed by atoms with Crippen molar-refractivity contribution >= 4 is 29.0 Å². The van der Waals surface area contributed by atoms with E-state index >= 15 is 0 Å². The molecule has 0 aliphatic carbocycles. The molecule has 1 aromatic rings. The summed E-state index contributed by atoms with van der Waals surface area (Å²) in [5.41, 5.74) is 8.17. The van der Waals surface area contributed by atoms with E-state index in [0.717, 1.165) is 16.8 Å². The van der Waals surface area contributed by atoms with E-state index in [4.69, 9.17) is 17.3 Å². The Balaban J connectivity index is 2.50. The molecule has 0 unspecified atom stereocenters. The van der Waals surface area contributed by atoms with E-state index in [1.165, 1.54) is 5.01 Å². The summed E-state index contributed by atoms with van der Waals surface area (Å²) in [6, 6.07) is 3.54. The normalized spacial score (nSPS) is 15.6. The van der Waals surface area contributed by atoms with Crippen molar-refractivity contribution in [1.82, 2.24) is 0 Å². The predicted molar refractivity (Wildman–Crippen MR) is 64.7 cm³/mol. The van der Waals surface area contributed by atoms with Crippen molar-refractivity contribution in [2.24, 2.45) is 10.8 Å². The molecule has 1 aromatic carbocycles. The summed E-state index contributed by atoms with van der Waals surface area (Å²) in [7, 11) is 0. The van der Waals surface area contributed by atoms with Crippen LogP contribution in [0.1, 0.15) is 17.5 Å². The largest absolute Gasteiger partial charge is 0.385 e. The van der Waals surface area contributed by atoms with Crippen LogP contribution in [-0.4, -0.2) is 11.7 Å². The summed E-state index contributed by atoms with van der Waals surface area (Å²) in [5, 5.41) is 6.03. The SMILES string of the molecule is Cc1c(Cl)ccc(N2N=C(N)CC2=O)c1C. The van der Waals surface area contributed by atoms with E-state index in [9.17, 15) is 4.79 Å². The van der Waals surface area contributed by atoms with Gasteiger partial charge in [-0.1, -0.05) is 11.6 Å². The van der Waals surface area contributed by atoms with Crippen LogP contribution >= 0.6 is 11.6 Å². The number of hydrogen-bond donors (Lipinski definition) is 1. The Morgan fingerprint density at radius 2 is 2.06 bits per heavy atom. The van der Waals surface area contributed by atoms with Crippen LogP contribution in [0.4, 0.5) is 5.69 Å². The Labute approximate surface area is 98.7 Å². The maximum absolute atomic E-state index is 11.6. The van der Waals surface area contributed by atoms with Gasteiger partial charge in [-0.15, -0.1) is 0 Å². The lowest BCUT2D eigenvalue weighted by Gasteiger charge is -2.16. The van der Waals surface area contributed by atoms with Crippen molar-refractivity contribution in [3.63, 3.8) is 0 Å². The molecule has 0 atom stereocenters. The first-order valence-electron chi connectivity index (χ1n) is 4.92. The second-order valence-electron chi connectivity index (χ2n) is 3.79. The van der Waals surface area contributed by atoms with Crippen LogP contribution < -0.4 is 10.7 Å². The summed E-state index contributed by atoms with van der Waals surface area (Å²) in [6.07, 6.45) is 0.182. The number of amidine groups is 1. The van der Waals surface area contributed by atoms with Gasteiger partial charge in [-0.25, -0.2) is 0 Å². The van der Waals surface area contributed by atoms with E-state index in [0.29, 0.717) is 10.9 Å². The average molecular weight is 238 g/mol. The Hall–Kier alpha value is -1.55. The van der Waals surface area contributed by atoms with Crippen molar-refractivity contribution in [2.75, 3.05) is 5.01 Å². The monoisotopic (exact) mass is 237 g/mol. The zero-order valence-corrected chi connectivity index (χ0v) is 9.88. The van der Waals surface area contributed by atoms with Crippen LogP contribution in [0, 0.1) is 13.8 Å². The summed E-state index contributed by atoms with van der Waals surface area (Å²) < 4.78 is 0. The van der Waals surface area contributed by atoms with E-state index < -0.39 is 0 Å². The molecule has 2 N–H and O–H groups in total. The second-order valence-corrected chi connectivity index (χ2v) is 4.20. The summed E-state index contributed by atoms with van der Waals surface area (Å²) in [6.45, 7) is 3.82. The molecule has 2 rings (SSSR count). The lowest BCUT2D eigenvalue weighted by atomic mass is 10.1. The number of hydrogen-bond acceptors (Lipinski definition) is 3. The second kappa shape index (κ2) is 3.79. The Morgan fingerprint density at radius 1 is 1.38 bits per heavy atom. The van der Waals surface area contributed by atoms with Gasteiger partial charge in [-0.05, 0) is 37.1 Å². The van der Waals surface area contributed by atoms with Gasteiger partial charge in [0.2, 0.25) is 0 Å². The van der Waals surface area contributed by atoms with E-state index in [2.05, 4.69) is 5.10 Å². The van der Waals surface area contributed by atoms with Crippen LogP contribution in [0.3, 0.4) is 0 Å². The number of carbonyl (C=O) groups excluding carboxylic acids is 1. The molecule has 0 aromatic heterocycles. The van der Waals surface area contributed by atoms with Gasteiger partial charge in [0.1, 0.15) is 5.84 Å². The van der Waals surface area contributed by atoms with Crippen LogP contribution in [0.15, 0.2) is 17.2 Å². The number of nitrogens with zero attached hydrogens (tertiary/aromatic N) is 2. The summed E-state index contributed by atoms with van der Waals surface area (Å²) >= 11 is 5.99. The van der Waals surface area contributed by atoms with Crippen molar-refractivity contribution in [2.45, 2.75) is 20.3 Å². The highest BCUT2D eigenvalue weighted by Gasteiger charge is 2.25. The van der Waals surface area contributed by atoms with Crippen molar-refractivity contribution in [3.05, 3.63) is 28.3 Å². The van der Waals surface area contributed by atoms with Crippen LogP contribution in [0.5, 0.6) is 0 Å². The molecule has 0 spiro atoms. The third-order valence-electron chi connectivity index (χ3n) is 2.72. The third-order valence-corrected chi connectivity index (χ3v) is 3.13. The molecule has 0 radical (unpaired) electrons. The maximum atomic E-state index is 11.6. The Bertz CT molecular complexity index is 496. The molecular weight excluding hydrogens is 226 g/mol. The standard InChI is InChI=1S/C11H12ClN3O/c1-6-7(2)9(4-3-8(6)12)15-11(16)5-10(13)14-15/h3-4H,5H2,1-2H3,(H2,13,14). The number of benzene rings is 1. The van der Waals surface area contributed by atoms with Crippen LogP contribution in [0.25, 0.3) is 0 Å². The minimum absolute atomic E-state index is 0.109. The van der Waals surface area contributed by atoms with Gasteiger partial charge < -0.3 is 5.73 Å². The number of anilines is 1. The Kier molecular flexibility index (Phi) is 2.59. The quantitative estimate of drug-likeness (QED) is 0.812. The predicted octanol–water partition coefficient (Wildman–Crippen LogP) is 1.97. The first kappa shape index (κ1) is 11.0. The molecule has 1 aliphatic heterocycles. The highest BCUT2D eigenvalue weighted by atomic mass is 35.5. The zero-order chi connectivity index (χ0) is 11.9. The van der Waals surface area contributed by atoms with Crippen LogP contribution in [0.2, 0.25) is 5.02 Å². The first-order chi connectivity index (χ1) is 7.50. The summed E-state index contributed by atoms with van der Waals surface area (Å²) in [5.74, 6) is 0.235. The number of rotatable bonds is 1. The van der Waals surface area contributed by atoms with Gasteiger partial charge in [-0.2, -0.15) is 10.1 Å². The molecule has 16 heavy (non-hydrogen) atoms. The van der Waals surface area contributed by atoms with E-state index in [1.807, 2.05) is 13.8 Å². The molecule has 5 heteroatoms. The fourth-order valence-electron chi connectivity index (χ4n) is 1.64. The average Bonchev–Trinajstić information content (AvgIpc) is 2.55. The minimum atomic E-state index is -0.109. The van der Waals surface area contributed by atoms with Gasteiger partial charge in [0.15, 0.2) is 0 Å². The number of nitrogens with two attached hydrogens (primary N) is 1. The highest BCUT2D eigenvalue weighted by Crippen LogP contribution is 2.30. The number of carbonyl (C=O) groups is 1. The molecule has 0 bridgehead atoms. The zero-order valence-electron chi connectivity index (χ0n) is 9.12. The molecule has 1 amide bonds. The van der Waals surface area contributed by atoms with E-state index in [1.54, 1.807) is 12.1 Å². The molecule has 84 valence electrons. The minimum Gasteiger partial charge on any atom is -0.385 e. The smallest absolute Gasteiger partial charge is 0.255 e. The van der Waals surface area contributed by atoms with Crippen molar-refractivity contribution in [3.8, 4) is 0 Å². The maximum Gasteiger partial charge on any atom is 0.255 e. The molecular formula is C11H12ClN3O. The van der Waals surface area contributed by atoms with E-state index in [-0.39, 0.29) is 12.3 Å². The molecule has 0 saturated heterocycles.